The molecule has 0 aliphatic carbocycles. The number of rotatable bonds is 9. The lowest BCUT2D eigenvalue weighted by Gasteiger charge is -2.30. The van der Waals surface area contributed by atoms with E-state index in [4.69, 9.17) is 4.74 Å². The third kappa shape index (κ3) is 6.32. The van der Waals surface area contributed by atoms with Gasteiger partial charge in [-0.05, 0) is 68.9 Å². The van der Waals surface area contributed by atoms with Crippen molar-refractivity contribution in [3.63, 3.8) is 0 Å². The van der Waals surface area contributed by atoms with Crippen LogP contribution >= 0.6 is 0 Å². The summed E-state index contributed by atoms with van der Waals surface area (Å²) >= 11 is 0. The molecule has 0 bridgehead atoms. The van der Waals surface area contributed by atoms with Crippen LogP contribution in [0.1, 0.15) is 30.4 Å². The molecular weight excluding hydrogens is 510 g/mol. The van der Waals surface area contributed by atoms with E-state index in [9.17, 15) is 23.4 Å². The Morgan fingerprint density at radius 1 is 1.03 bits per heavy atom. The van der Waals surface area contributed by atoms with E-state index in [1.54, 1.807) is 26.0 Å². The molecule has 3 heterocycles. The van der Waals surface area contributed by atoms with E-state index in [-0.39, 0.29) is 29.0 Å². The number of hydrogen-bond donors (Lipinski definition) is 2. The van der Waals surface area contributed by atoms with Crippen LogP contribution < -0.4 is 5.56 Å². The van der Waals surface area contributed by atoms with Gasteiger partial charge in [0.2, 0.25) is 10.0 Å². The fourth-order valence-corrected chi connectivity index (χ4v) is 6.43. The molecule has 0 amide bonds. The van der Waals surface area contributed by atoms with Crippen LogP contribution in [0.25, 0.3) is 0 Å². The van der Waals surface area contributed by atoms with Gasteiger partial charge in [0.05, 0.1) is 23.8 Å². The van der Waals surface area contributed by atoms with Gasteiger partial charge in [-0.3, -0.25) is 14.3 Å². The van der Waals surface area contributed by atoms with Gasteiger partial charge in [0.1, 0.15) is 0 Å². The molecule has 2 aliphatic rings. The number of aromatic nitrogens is 1. The van der Waals surface area contributed by atoms with Gasteiger partial charge < -0.3 is 14.9 Å². The first-order valence-corrected chi connectivity index (χ1v) is 14.5. The fraction of sp³-hybridized carbons (Fsp3) is 0.577. The van der Waals surface area contributed by atoms with Crippen LogP contribution in [0, 0.1) is 19.8 Å². The summed E-state index contributed by atoms with van der Waals surface area (Å²) < 4.78 is 34.2. The second-order valence-electron chi connectivity index (χ2n) is 9.93. The maximum absolute atomic E-state index is 13.2. The molecule has 2 fully saturated rings. The van der Waals surface area contributed by atoms with E-state index in [1.165, 1.54) is 21.0 Å². The molecule has 2 aromatic rings. The summed E-state index contributed by atoms with van der Waals surface area (Å²) in [5, 5.41) is 28.5. The maximum Gasteiger partial charge on any atom is 0.281 e. The van der Waals surface area contributed by atoms with Gasteiger partial charge >= 0.3 is 0 Å². The van der Waals surface area contributed by atoms with Crippen LogP contribution in [0.5, 0.6) is 5.88 Å². The van der Waals surface area contributed by atoms with Gasteiger partial charge in [-0.1, -0.05) is 0 Å². The number of sulfonamides is 1. The Morgan fingerprint density at radius 3 is 2.42 bits per heavy atom. The van der Waals surface area contributed by atoms with E-state index >= 15 is 0 Å². The number of benzene rings is 1. The monoisotopic (exact) mass is 547 g/mol. The van der Waals surface area contributed by atoms with E-state index in [0.29, 0.717) is 62.5 Å². The Labute approximate surface area is 223 Å². The molecule has 0 spiro atoms. The predicted molar refractivity (Wildman–Crippen MR) is 143 cm³/mol. The zero-order chi connectivity index (χ0) is 27.3. The lowest BCUT2D eigenvalue weighted by molar-refractivity contribution is 0.0368. The van der Waals surface area contributed by atoms with Crippen molar-refractivity contribution >= 4 is 21.4 Å². The minimum atomic E-state index is -3.68. The summed E-state index contributed by atoms with van der Waals surface area (Å²) in [6, 6.07) is 6.05. The first-order chi connectivity index (χ1) is 18.2. The number of nitrogens with zero attached hydrogens (tertiary/aromatic N) is 5. The standard InChI is InChI=1S/C26H37N5O6S/c1-19-20(2)25(33)31(12-4-10-29-13-15-37-16-14-29)26(34)24(19)28-27-22-6-8-23(9-7-22)38(35,36)30-11-3-5-21(17-30)18-32/h6-9,21,32-33H,3-5,10-18H2,1-2H3. The molecule has 2 saturated heterocycles. The highest BCUT2D eigenvalue weighted by molar-refractivity contribution is 7.89. The van der Waals surface area contributed by atoms with Gasteiger partial charge in [0.25, 0.3) is 5.56 Å². The summed E-state index contributed by atoms with van der Waals surface area (Å²) in [7, 11) is -3.68. The molecule has 12 heteroatoms. The Bertz CT molecular complexity index is 1300. The van der Waals surface area contributed by atoms with Crippen LogP contribution in [-0.4, -0.2) is 84.9 Å². The molecule has 4 rings (SSSR count). The smallest absolute Gasteiger partial charge is 0.281 e. The molecule has 11 nitrogen and oxygen atoms in total. The summed E-state index contributed by atoms with van der Waals surface area (Å²) in [5.41, 5.74) is 1.24. The quantitative estimate of drug-likeness (QED) is 0.461. The van der Waals surface area contributed by atoms with Crippen LogP contribution in [0.2, 0.25) is 0 Å². The summed E-state index contributed by atoms with van der Waals surface area (Å²) in [5.74, 6) is -0.115. The number of pyridine rings is 1. The lowest BCUT2D eigenvalue weighted by atomic mass is 10.0. The summed E-state index contributed by atoms with van der Waals surface area (Å²) in [4.78, 5) is 15.6. The molecule has 1 aromatic heterocycles. The molecule has 1 unspecified atom stereocenters. The number of aliphatic hydroxyl groups excluding tert-OH is 1. The maximum atomic E-state index is 13.2. The minimum Gasteiger partial charge on any atom is -0.494 e. The number of azo groups is 1. The fourth-order valence-electron chi connectivity index (χ4n) is 4.87. The second-order valence-corrected chi connectivity index (χ2v) is 11.9. The number of ether oxygens (including phenoxy) is 1. The van der Waals surface area contributed by atoms with Crippen LogP contribution in [0.15, 0.2) is 44.2 Å². The Morgan fingerprint density at radius 2 is 1.74 bits per heavy atom. The number of aromatic hydroxyl groups is 1. The van der Waals surface area contributed by atoms with E-state index in [0.717, 1.165) is 26.1 Å². The van der Waals surface area contributed by atoms with Crippen molar-refractivity contribution in [2.75, 3.05) is 52.5 Å². The molecule has 1 aromatic carbocycles. The number of morpholine rings is 1. The zero-order valence-electron chi connectivity index (χ0n) is 22.0. The number of piperidine rings is 1. The van der Waals surface area contributed by atoms with Crippen LogP contribution in [0.3, 0.4) is 0 Å². The molecule has 0 saturated carbocycles. The number of aliphatic hydroxyl groups is 1. The predicted octanol–water partition coefficient (Wildman–Crippen LogP) is 2.70. The first kappa shape index (κ1) is 28.4. The van der Waals surface area contributed by atoms with E-state index < -0.39 is 15.6 Å². The minimum absolute atomic E-state index is 0.0307. The third-order valence-electron chi connectivity index (χ3n) is 7.40. The Kier molecular flexibility index (Phi) is 9.32. The SMILES string of the molecule is Cc1c(C)c(O)n(CCCN2CCOCC2)c(=O)c1N=Nc1ccc(S(=O)(=O)N2CCCC(CO)C2)cc1. The summed E-state index contributed by atoms with van der Waals surface area (Å²) in [6.07, 6.45) is 2.22. The molecular formula is C26H37N5O6S. The number of hydrogen-bond acceptors (Lipinski definition) is 9. The average molecular weight is 548 g/mol. The Hall–Kier alpha value is -2.64. The van der Waals surface area contributed by atoms with Gasteiger partial charge in [0.15, 0.2) is 11.6 Å². The molecule has 208 valence electrons. The van der Waals surface area contributed by atoms with Gasteiger partial charge in [-0.25, -0.2) is 8.42 Å². The molecule has 1 atom stereocenters. The second kappa shape index (κ2) is 12.5. The highest BCUT2D eigenvalue weighted by Gasteiger charge is 2.30. The van der Waals surface area contributed by atoms with Crippen molar-refractivity contribution < 1.29 is 23.4 Å². The van der Waals surface area contributed by atoms with Crippen LogP contribution in [0.4, 0.5) is 11.4 Å². The van der Waals surface area contributed by atoms with Crippen LogP contribution in [-0.2, 0) is 21.3 Å². The zero-order valence-corrected chi connectivity index (χ0v) is 22.9. The topological polar surface area (TPSA) is 137 Å². The first-order valence-electron chi connectivity index (χ1n) is 13.1. The van der Waals surface area contributed by atoms with Crippen molar-refractivity contribution in [3.05, 3.63) is 45.7 Å². The summed E-state index contributed by atoms with van der Waals surface area (Å²) in [6.45, 7) is 8.43. The Balaban J connectivity index is 1.49. The van der Waals surface area contributed by atoms with Gasteiger partial charge in [-0.2, -0.15) is 9.42 Å². The van der Waals surface area contributed by atoms with Gasteiger partial charge in [0, 0.05) is 51.4 Å². The lowest BCUT2D eigenvalue weighted by Crippen LogP contribution is -2.40. The van der Waals surface area contributed by atoms with Crippen molar-refractivity contribution in [2.24, 2.45) is 16.1 Å². The molecule has 0 radical (unpaired) electrons. The van der Waals surface area contributed by atoms with E-state index in [2.05, 4.69) is 15.1 Å². The van der Waals surface area contributed by atoms with Crippen molar-refractivity contribution in [1.29, 1.82) is 0 Å². The van der Waals surface area contributed by atoms with E-state index in [1.807, 2.05) is 0 Å². The molecule has 2 N–H and O–H groups in total. The van der Waals surface area contributed by atoms with Crippen molar-refractivity contribution in [1.82, 2.24) is 13.8 Å². The molecule has 38 heavy (non-hydrogen) atoms. The highest BCUT2D eigenvalue weighted by Crippen LogP contribution is 2.28. The van der Waals surface area contributed by atoms with Crippen molar-refractivity contribution in [2.45, 2.75) is 44.6 Å². The largest absolute Gasteiger partial charge is 0.494 e. The van der Waals surface area contributed by atoms with Gasteiger partial charge in [-0.15, -0.1) is 5.11 Å². The highest BCUT2D eigenvalue weighted by atomic mass is 32.2. The normalized spacial score (nSPS) is 19.8. The average Bonchev–Trinajstić information content (AvgIpc) is 2.94. The molecule has 2 aliphatic heterocycles. The third-order valence-corrected chi connectivity index (χ3v) is 9.28. The van der Waals surface area contributed by atoms with Crippen molar-refractivity contribution in [3.8, 4) is 5.88 Å².